The van der Waals surface area contributed by atoms with Gasteiger partial charge in [0.25, 0.3) is 0 Å². The number of aryl methyl sites for hydroxylation is 1. The molecule has 2 aliphatic rings. The van der Waals surface area contributed by atoms with Crippen LogP contribution < -0.4 is 11.1 Å². The average molecular weight is 530 g/mol. The third-order valence-electron chi connectivity index (χ3n) is 8.31. The van der Waals surface area contributed by atoms with Crippen LogP contribution in [0.4, 0.5) is 0 Å². The fraction of sp³-hybridized carbons (Fsp3) is 0.455. The normalized spacial score (nSPS) is 21.6. The summed E-state index contributed by atoms with van der Waals surface area (Å²) in [5.41, 5.74) is 9.17. The van der Waals surface area contributed by atoms with Crippen LogP contribution in [-0.4, -0.2) is 47.6 Å². The molecule has 0 heterocycles. The largest absolute Gasteiger partial charge is 0.391 e. The molecule has 0 spiro atoms. The van der Waals surface area contributed by atoms with Crippen molar-refractivity contribution in [3.8, 4) is 0 Å². The van der Waals surface area contributed by atoms with Gasteiger partial charge in [-0.25, -0.2) is 0 Å². The maximum absolute atomic E-state index is 13.6. The molecule has 4 rings (SSSR count). The van der Waals surface area contributed by atoms with Crippen LogP contribution in [0.25, 0.3) is 0 Å². The Morgan fingerprint density at radius 1 is 1.08 bits per heavy atom. The van der Waals surface area contributed by atoms with E-state index in [1.807, 2.05) is 53.5 Å². The summed E-state index contributed by atoms with van der Waals surface area (Å²) in [6, 6.07) is 18.5. The zero-order valence-corrected chi connectivity index (χ0v) is 23.3. The second kappa shape index (κ2) is 13.2. The van der Waals surface area contributed by atoms with Crippen LogP contribution in [0, 0.1) is 11.3 Å². The molecule has 39 heavy (non-hydrogen) atoms. The van der Waals surface area contributed by atoms with Crippen molar-refractivity contribution in [2.75, 3.05) is 19.6 Å². The van der Waals surface area contributed by atoms with E-state index in [1.54, 1.807) is 6.08 Å². The number of benzene rings is 2. The van der Waals surface area contributed by atoms with Crippen LogP contribution in [0.1, 0.15) is 62.3 Å². The van der Waals surface area contributed by atoms with Gasteiger partial charge in [-0.15, -0.1) is 0 Å². The summed E-state index contributed by atoms with van der Waals surface area (Å²) in [4.78, 5) is 28.7. The zero-order valence-electron chi connectivity index (χ0n) is 23.3. The lowest BCUT2D eigenvalue weighted by Crippen LogP contribution is -2.51. The molecule has 0 bridgehead atoms. The number of nitrogens with two attached hydrogens (primary N) is 1. The number of aliphatic hydroxyl groups excluding tert-OH is 1. The van der Waals surface area contributed by atoms with Gasteiger partial charge in [-0.1, -0.05) is 86.7 Å². The number of rotatable bonds is 13. The summed E-state index contributed by atoms with van der Waals surface area (Å²) < 4.78 is 0. The standard InChI is InChI=1S/C33H43N3O3/c1-3-19-36(20-4-2)31(38)26-14-10-18-33(22-26,32(34)39)28(21-24-11-6-5-7-12-24)30(37)23-35-29-17-16-25-13-8-9-15-27(25)29/h5-15,18,28-30,35,37H,3-4,16-17,19-23H2,1-2H3,(H2,34,39)/t28-,29?,30+,33?/m1/s1. The molecule has 2 aromatic rings. The number of nitrogens with zero attached hydrogens (tertiary/aromatic N) is 1. The highest BCUT2D eigenvalue weighted by Gasteiger charge is 2.48. The molecule has 2 aliphatic carbocycles. The van der Waals surface area contributed by atoms with E-state index >= 15 is 0 Å². The monoisotopic (exact) mass is 529 g/mol. The highest BCUT2D eigenvalue weighted by atomic mass is 16.3. The Morgan fingerprint density at radius 3 is 2.46 bits per heavy atom. The quantitative estimate of drug-likeness (QED) is 0.356. The van der Waals surface area contributed by atoms with Crippen LogP contribution in [0.15, 0.2) is 78.4 Å². The van der Waals surface area contributed by atoms with Crippen molar-refractivity contribution in [2.24, 2.45) is 17.1 Å². The van der Waals surface area contributed by atoms with E-state index in [1.165, 1.54) is 11.1 Å². The average Bonchev–Trinajstić information content (AvgIpc) is 3.37. The van der Waals surface area contributed by atoms with Gasteiger partial charge in [-0.3, -0.25) is 9.59 Å². The minimum atomic E-state index is -1.19. The minimum absolute atomic E-state index is 0.0534. The fourth-order valence-electron chi connectivity index (χ4n) is 6.28. The Labute approximate surface area is 233 Å². The highest BCUT2D eigenvalue weighted by Crippen LogP contribution is 2.43. The van der Waals surface area contributed by atoms with Gasteiger partial charge in [0.05, 0.1) is 11.5 Å². The topological polar surface area (TPSA) is 95.7 Å². The van der Waals surface area contributed by atoms with Crippen molar-refractivity contribution in [1.82, 2.24) is 10.2 Å². The van der Waals surface area contributed by atoms with Crippen LogP contribution in [0.3, 0.4) is 0 Å². The molecule has 6 heteroatoms. The number of hydrogen-bond donors (Lipinski definition) is 3. The van der Waals surface area contributed by atoms with Crippen LogP contribution >= 0.6 is 0 Å². The van der Waals surface area contributed by atoms with Gasteiger partial charge in [-0.2, -0.15) is 0 Å². The number of amides is 2. The predicted octanol–water partition coefficient (Wildman–Crippen LogP) is 4.49. The lowest BCUT2D eigenvalue weighted by Gasteiger charge is -2.41. The molecule has 4 N–H and O–H groups in total. The molecule has 208 valence electrons. The van der Waals surface area contributed by atoms with Crippen LogP contribution in [0.2, 0.25) is 0 Å². The SMILES string of the molecule is CCCN(CCC)C(=O)C1=CC=CC(C(N)=O)([C@H](Cc2ccccc2)[C@@H](O)CNC2CCc3ccccc32)C1. The van der Waals surface area contributed by atoms with Crippen molar-refractivity contribution in [3.05, 3.63) is 95.1 Å². The Hall–Kier alpha value is -3.22. The maximum Gasteiger partial charge on any atom is 0.249 e. The van der Waals surface area contributed by atoms with Crippen molar-refractivity contribution >= 4 is 11.8 Å². The molecule has 2 aromatic carbocycles. The zero-order chi connectivity index (χ0) is 27.8. The van der Waals surface area contributed by atoms with Gasteiger partial charge in [0.1, 0.15) is 0 Å². The lowest BCUT2D eigenvalue weighted by molar-refractivity contribution is -0.132. The first-order valence-electron chi connectivity index (χ1n) is 14.4. The molecule has 0 radical (unpaired) electrons. The van der Waals surface area contributed by atoms with Crippen molar-refractivity contribution in [2.45, 2.75) is 64.5 Å². The van der Waals surface area contributed by atoms with Gasteiger partial charge in [0.15, 0.2) is 0 Å². The summed E-state index contributed by atoms with van der Waals surface area (Å²) in [5, 5.41) is 15.3. The molecule has 2 unspecified atom stereocenters. The summed E-state index contributed by atoms with van der Waals surface area (Å²) >= 11 is 0. The molecule has 0 aliphatic heterocycles. The van der Waals surface area contributed by atoms with Crippen LogP contribution in [-0.2, 0) is 22.4 Å². The van der Waals surface area contributed by atoms with Crippen LogP contribution in [0.5, 0.6) is 0 Å². The number of primary amides is 1. The highest BCUT2D eigenvalue weighted by molar-refractivity contribution is 5.96. The first kappa shape index (κ1) is 28.8. The van der Waals surface area contributed by atoms with E-state index in [4.69, 9.17) is 5.73 Å². The van der Waals surface area contributed by atoms with E-state index < -0.39 is 23.3 Å². The number of allylic oxidation sites excluding steroid dienone is 2. The second-order valence-corrected chi connectivity index (χ2v) is 11.0. The Balaban J connectivity index is 1.61. The van der Waals surface area contributed by atoms with Gasteiger partial charge in [-0.05, 0) is 55.2 Å². The smallest absolute Gasteiger partial charge is 0.249 e. The van der Waals surface area contributed by atoms with Gasteiger partial charge in [0.2, 0.25) is 11.8 Å². The summed E-state index contributed by atoms with van der Waals surface area (Å²) in [7, 11) is 0. The van der Waals surface area contributed by atoms with Crippen molar-refractivity contribution in [1.29, 1.82) is 0 Å². The van der Waals surface area contributed by atoms with E-state index in [0.717, 1.165) is 31.2 Å². The molecule has 0 fully saturated rings. The third kappa shape index (κ3) is 6.51. The number of carbonyl (C=O) groups excluding carboxylic acids is 2. The van der Waals surface area contributed by atoms with E-state index in [2.05, 4.69) is 37.4 Å². The number of hydrogen-bond acceptors (Lipinski definition) is 4. The van der Waals surface area contributed by atoms with E-state index in [-0.39, 0.29) is 18.4 Å². The number of aliphatic hydroxyl groups is 1. The summed E-state index contributed by atoms with van der Waals surface area (Å²) in [6.07, 6.45) is 8.91. The summed E-state index contributed by atoms with van der Waals surface area (Å²) in [6.45, 7) is 5.77. The number of carbonyl (C=O) groups is 2. The van der Waals surface area contributed by atoms with Gasteiger partial charge < -0.3 is 21.1 Å². The Kier molecular flexibility index (Phi) is 9.76. The lowest BCUT2D eigenvalue weighted by atomic mass is 9.64. The molecular formula is C33H43N3O3. The predicted molar refractivity (Wildman–Crippen MR) is 156 cm³/mol. The second-order valence-electron chi connectivity index (χ2n) is 11.0. The molecule has 0 aromatic heterocycles. The molecule has 0 saturated heterocycles. The summed E-state index contributed by atoms with van der Waals surface area (Å²) in [5.74, 6) is -1.08. The van der Waals surface area contributed by atoms with E-state index in [0.29, 0.717) is 31.6 Å². The molecular weight excluding hydrogens is 486 g/mol. The maximum atomic E-state index is 13.6. The van der Waals surface area contributed by atoms with Gasteiger partial charge >= 0.3 is 0 Å². The number of nitrogens with one attached hydrogen (secondary N) is 1. The molecule has 4 atom stereocenters. The minimum Gasteiger partial charge on any atom is -0.391 e. The first-order chi connectivity index (χ1) is 18.9. The van der Waals surface area contributed by atoms with Gasteiger partial charge in [0, 0.05) is 37.2 Å². The Morgan fingerprint density at radius 2 is 1.77 bits per heavy atom. The molecule has 2 amide bonds. The third-order valence-corrected chi connectivity index (χ3v) is 8.31. The molecule has 6 nitrogen and oxygen atoms in total. The van der Waals surface area contributed by atoms with Crippen molar-refractivity contribution in [3.63, 3.8) is 0 Å². The number of fused-ring (bicyclic) bond motifs is 1. The first-order valence-corrected chi connectivity index (χ1v) is 14.4. The van der Waals surface area contributed by atoms with Crippen molar-refractivity contribution < 1.29 is 14.7 Å². The molecule has 0 saturated carbocycles. The Bertz CT molecular complexity index is 1190. The fourth-order valence-corrected chi connectivity index (χ4v) is 6.28. The van der Waals surface area contributed by atoms with E-state index in [9.17, 15) is 14.7 Å².